The normalized spacial score (nSPS) is 10.9. The molecular weight excluding hydrogens is 468 g/mol. The Labute approximate surface area is 196 Å². The van der Waals surface area contributed by atoms with Crippen LogP contribution in [0.3, 0.4) is 0 Å². The predicted molar refractivity (Wildman–Crippen MR) is 130 cm³/mol. The summed E-state index contributed by atoms with van der Waals surface area (Å²) < 4.78 is 12.1. The number of nitriles is 1. The molecule has 32 heavy (non-hydrogen) atoms. The number of carbonyl (C=O) groups excluding carboxylic acids is 1. The third-order valence-electron chi connectivity index (χ3n) is 4.70. The molecule has 0 aliphatic carbocycles. The van der Waals surface area contributed by atoms with E-state index in [-0.39, 0.29) is 5.57 Å². The van der Waals surface area contributed by atoms with Crippen LogP contribution in [0.25, 0.3) is 6.08 Å². The van der Waals surface area contributed by atoms with Gasteiger partial charge in [0.1, 0.15) is 18.2 Å². The Balaban J connectivity index is 1.81. The SMILES string of the molecule is COc1cc(/C=C(/C#N)C(=O)Nc2ccc(C)cc2)cc(Br)c1OCc1cccc(C)c1. The number of hydrogen-bond donors (Lipinski definition) is 1. The zero-order chi connectivity index (χ0) is 23.1. The highest BCUT2D eigenvalue weighted by molar-refractivity contribution is 9.10. The zero-order valence-electron chi connectivity index (χ0n) is 18.1. The molecule has 0 radical (unpaired) electrons. The molecule has 3 rings (SSSR count). The third-order valence-corrected chi connectivity index (χ3v) is 5.29. The van der Waals surface area contributed by atoms with Crippen LogP contribution in [0.2, 0.25) is 0 Å². The minimum atomic E-state index is -0.480. The summed E-state index contributed by atoms with van der Waals surface area (Å²) in [5.74, 6) is 0.564. The molecule has 3 aromatic rings. The van der Waals surface area contributed by atoms with Gasteiger partial charge in [0, 0.05) is 5.69 Å². The Hall–Kier alpha value is -3.56. The average Bonchev–Trinajstić information content (AvgIpc) is 2.77. The molecule has 3 aromatic carbocycles. The number of benzene rings is 3. The first-order chi connectivity index (χ1) is 15.4. The Morgan fingerprint density at radius 1 is 1.09 bits per heavy atom. The maximum absolute atomic E-state index is 12.6. The van der Waals surface area contributed by atoms with Crippen LogP contribution in [0.1, 0.15) is 22.3 Å². The van der Waals surface area contributed by atoms with Crippen LogP contribution < -0.4 is 14.8 Å². The third kappa shape index (κ3) is 5.99. The Morgan fingerprint density at radius 3 is 2.50 bits per heavy atom. The van der Waals surface area contributed by atoms with Crippen LogP contribution in [0, 0.1) is 25.2 Å². The van der Waals surface area contributed by atoms with Crippen molar-refractivity contribution in [2.45, 2.75) is 20.5 Å². The fourth-order valence-corrected chi connectivity index (χ4v) is 3.65. The van der Waals surface area contributed by atoms with Crippen molar-refractivity contribution < 1.29 is 14.3 Å². The van der Waals surface area contributed by atoms with Crippen molar-refractivity contribution in [3.63, 3.8) is 0 Å². The fourth-order valence-electron chi connectivity index (χ4n) is 3.07. The van der Waals surface area contributed by atoms with Gasteiger partial charge in [-0.25, -0.2) is 0 Å². The number of hydrogen-bond acceptors (Lipinski definition) is 4. The van der Waals surface area contributed by atoms with Crippen molar-refractivity contribution in [2.24, 2.45) is 0 Å². The van der Waals surface area contributed by atoms with Gasteiger partial charge < -0.3 is 14.8 Å². The number of nitrogens with zero attached hydrogens (tertiary/aromatic N) is 1. The van der Waals surface area contributed by atoms with Crippen LogP contribution in [0.5, 0.6) is 11.5 Å². The summed E-state index contributed by atoms with van der Waals surface area (Å²) in [4.78, 5) is 12.6. The molecule has 5 nitrogen and oxygen atoms in total. The molecule has 0 aliphatic heterocycles. The molecule has 1 amide bonds. The molecule has 0 fully saturated rings. The lowest BCUT2D eigenvalue weighted by molar-refractivity contribution is -0.112. The number of halogens is 1. The van der Waals surface area contributed by atoms with Gasteiger partial charge in [-0.3, -0.25) is 4.79 Å². The van der Waals surface area contributed by atoms with Gasteiger partial charge in [0.2, 0.25) is 0 Å². The number of carbonyl (C=O) groups is 1. The number of aryl methyl sites for hydroxylation is 2. The van der Waals surface area contributed by atoms with E-state index >= 15 is 0 Å². The first-order valence-electron chi connectivity index (χ1n) is 9.95. The van der Waals surface area contributed by atoms with Gasteiger partial charge in [-0.15, -0.1) is 0 Å². The summed E-state index contributed by atoms with van der Waals surface area (Å²) in [6, 6.07) is 20.9. The maximum atomic E-state index is 12.6. The Morgan fingerprint density at radius 2 is 1.84 bits per heavy atom. The minimum absolute atomic E-state index is 0.0204. The molecule has 6 heteroatoms. The number of nitrogens with one attached hydrogen (secondary N) is 1. The quantitative estimate of drug-likeness (QED) is 0.316. The summed E-state index contributed by atoms with van der Waals surface area (Å²) in [5.41, 5.74) is 4.52. The van der Waals surface area contributed by atoms with E-state index < -0.39 is 5.91 Å². The molecule has 0 aliphatic rings. The smallest absolute Gasteiger partial charge is 0.266 e. The average molecular weight is 491 g/mol. The highest BCUT2D eigenvalue weighted by Crippen LogP contribution is 2.37. The van der Waals surface area contributed by atoms with Gasteiger partial charge in [0.05, 0.1) is 11.6 Å². The van der Waals surface area contributed by atoms with Crippen molar-refractivity contribution >= 4 is 33.6 Å². The van der Waals surface area contributed by atoms with Gasteiger partial charge in [0.15, 0.2) is 11.5 Å². The van der Waals surface area contributed by atoms with Crippen molar-refractivity contribution in [1.82, 2.24) is 0 Å². The largest absolute Gasteiger partial charge is 0.493 e. The minimum Gasteiger partial charge on any atom is -0.493 e. The number of ether oxygens (including phenoxy) is 2. The van der Waals surface area contributed by atoms with Crippen LogP contribution >= 0.6 is 15.9 Å². The van der Waals surface area contributed by atoms with Crippen LogP contribution in [0.15, 0.2) is 70.7 Å². The van der Waals surface area contributed by atoms with Crippen molar-refractivity contribution in [2.75, 3.05) is 12.4 Å². The monoisotopic (exact) mass is 490 g/mol. The number of amides is 1. The van der Waals surface area contributed by atoms with E-state index in [0.29, 0.717) is 33.8 Å². The molecule has 162 valence electrons. The van der Waals surface area contributed by atoms with Crippen molar-refractivity contribution in [1.29, 1.82) is 5.26 Å². The standard InChI is InChI=1S/C26H23BrN2O3/c1-17-7-9-22(10-8-17)29-26(30)21(15-28)12-20-13-23(27)25(24(14-20)31-3)32-16-19-6-4-5-18(2)11-19/h4-14H,16H2,1-3H3,(H,29,30)/b21-12-. The summed E-state index contributed by atoms with van der Waals surface area (Å²) in [7, 11) is 1.55. The lowest BCUT2D eigenvalue weighted by atomic mass is 10.1. The Bertz CT molecular complexity index is 1190. The van der Waals surface area contributed by atoms with E-state index in [9.17, 15) is 10.1 Å². The molecule has 0 heterocycles. The topological polar surface area (TPSA) is 71.3 Å². The summed E-state index contributed by atoms with van der Waals surface area (Å²) in [6.45, 7) is 4.38. The number of methoxy groups -OCH3 is 1. The van der Waals surface area contributed by atoms with E-state index in [2.05, 4.69) is 27.3 Å². The lowest BCUT2D eigenvalue weighted by Gasteiger charge is -2.14. The van der Waals surface area contributed by atoms with E-state index in [4.69, 9.17) is 9.47 Å². The predicted octanol–water partition coefficient (Wildman–Crippen LogP) is 6.20. The van der Waals surface area contributed by atoms with E-state index in [1.165, 1.54) is 6.08 Å². The van der Waals surface area contributed by atoms with Crippen molar-refractivity contribution in [3.05, 3.63) is 93.0 Å². The molecule has 0 bridgehead atoms. The van der Waals surface area contributed by atoms with Gasteiger partial charge in [-0.1, -0.05) is 47.5 Å². The van der Waals surface area contributed by atoms with E-state index in [1.807, 2.05) is 50.2 Å². The maximum Gasteiger partial charge on any atom is 0.266 e. The van der Waals surface area contributed by atoms with Gasteiger partial charge >= 0.3 is 0 Å². The van der Waals surface area contributed by atoms with Crippen molar-refractivity contribution in [3.8, 4) is 17.6 Å². The molecule has 0 aromatic heterocycles. The molecule has 0 unspecified atom stereocenters. The number of anilines is 1. The Kier molecular flexibility index (Phi) is 7.69. The number of rotatable bonds is 7. The molecule has 0 spiro atoms. The van der Waals surface area contributed by atoms with Gasteiger partial charge in [-0.05, 0) is 71.2 Å². The molecule has 1 N–H and O–H groups in total. The molecular formula is C26H23BrN2O3. The van der Waals surface area contributed by atoms with Crippen LogP contribution in [-0.2, 0) is 11.4 Å². The first kappa shape index (κ1) is 23.1. The molecule has 0 saturated heterocycles. The van der Waals surface area contributed by atoms with Gasteiger partial charge in [0.25, 0.3) is 5.91 Å². The van der Waals surface area contributed by atoms with Crippen LogP contribution in [-0.4, -0.2) is 13.0 Å². The lowest BCUT2D eigenvalue weighted by Crippen LogP contribution is -2.13. The highest BCUT2D eigenvalue weighted by atomic mass is 79.9. The first-order valence-corrected chi connectivity index (χ1v) is 10.7. The molecule has 0 saturated carbocycles. The second kappa shape index (κ2) is 10.7. The second-order valence-corrected chi connectivity index (χ2v) is 8.16. The van der Waals surface area contributed by atoms with Gasteiger partial charge in [-0.2, -0.15) is 5.26 Å². The zero-order valence-corrected chi connectivity index (χ0v) is 19.7. The summed E-state index contributed by atoms with van der Waals surface area (Å²) in [5, 5.41) is 12.3. The highest BCUT2D eigenvalue weighted by Gasteiger charge is 2.14. The summed E-state index contributed by atoms with van der Waals surface area (Å²) >= 11 is 3.52. The fraction of sp³-hybridized carbons (Fsp3) is 0.154. The second-order valence-electron chi connectivity index (χ2n) is 7.30. The van der Waals surface area contributed by atoms with Crippen LogP contribution in [0.4, 0.5) is 5.69 Å². The van der Waals surface area contributed by atoms with E-state index in [1.54, 1.807) is 31.4 Å². The van der Waals surface area contributed by atoms with E-state index in [0.717, 1.165) is 16.7 Å². The molecule has 0 atom stereocenters. The summed E-state index contributed by atoms with van der Waals surface area (Å²) in [6.07, 6.45) is 1.52.